The van der Waals surface area contributed by atoms with Crippen LogP contribution in [-0.4, -0.2) is 35.1 Å². The summed E-state index contributed by atoms with van der Waals surface area (Å²) in [6.07, 6.45) is 1.52. The molecule has 0 radical (unpaired) electrons. The summed E-state index contributed by atoms with van der Waals surface area (Å²) in [4.78, 5) is 14.4. The van der Waals surface area contributed by atoms with Gasteiger partial charge in [0.25, 0.3) is 0 Å². The molecule has 1 aromatic rings. The van der Waals surface area contributed by atoms with Crippen molar-refractivity contribution in [2.45, 2.75) is 31.8 Å². The molecule has 0 spiro atoms. The second-order valence-electron chi connectivity index (χ2n) is 6.08. The van der Waals surface area contributed by atoms with Crippen LogP contribution >= 0.6 is 11.6 Å². The molecule has 1 saturated carbocycles. The van der Waals surface area contributed by atoms with Gasteiger partial charge in [0.15, 0.2) is 0 Å². The fourth-order valence-electron chi connectivity index (χ4n) is 3.19. The highest BCUT2D eigenvalue weighted by atomic mass is 35.5. The van der Waals surface area contributed by atoms with Crippen LogP contribution in [0.2, 0.25) is 5.02 Å². The number of hydrogen-bond donors (Lipinski definition) is 1. The van der Waals surface area contributed by atoms with Crippen molar-refractivity contribution in [3.05, 3.63) is 34.9 Å². The van der Waals surface area contributed by atoms with Crippen molar-refractivity contribution < 1.29 is 9.90 Å². The average molecular weight is 294 g/mol. The lowest BCUT2D eigenvalue weighted by Gasteiger charge is -2.17. The van der Waals surface area contributed by atoms with Crippen molar-refractivity contribution in [1.29, 1.82) is 0 Å². The van der Waals surface area contributed by atoms with Crippen LogP contribution in [0.15, 0.2) is 24.3 Å². The van der Waals surface area contributed by atoms with Crippen LogP contribution in [0.5, 0.6) is 0 Å². The maximum Gasteiger partial charge on any atom is 0.226 e. The summed E-state index contributed by atoms with van der Waals surface area (Å²) in [5.74, 6) is 0.925. The van der Waals surface area contributed by atoms with E-state index in [1.807, 2.05) is 36.1 Å². The van der Waals surface area contributed by atoms with Gasteiger partial charge >= 0.3 is 0 Å². The quantitative estimate of drug-likeness (QED) is 0.931. The van der Waals surface area contributed by atoms with E-state index >= 15 is 0 Å². The summed E-state index contributed by atoms with van der Waals surface area (Å²) < 4.78 is 0. The molecule has 4 unspecified atom stereocenters. The lowest BCUT2D eigenvalue weighted by molar-refractivity contribution is -0.131. The van der Waals surface area contributed by atoms with E-state index in [4.69, 9.17) is 11.6 Å². The first-order valence-corrected chi connectivity index (χ1v) is 7.66. The van der Waals surface area contributed by atoms with E-state index in [2.05, 4.69) is 0 Å². The highest BCUT2D eigenvalue weighted by molar-refractivity contribution is 6.30. The zero-order valence-corrected chi connectivity index (χ0v) is 12.4. The summed E-state index contributed by atoms with van der Waals surface area (Å²) in [5, 5.41) is 10.3. The Bertz CT molecular complexity index is 517. The second kappa shape index (κ2) is 5.38. The topological polar surface area (TPSA) is 40.5 Å². The maximum absolute atomic E-state index is 12.5. The third-order valence-electron chi connectivity index (χ3n) is 4.60. The predicted molar refractivity (Wildman–Crippen MR) is 78.7 cm³/mol. The van der Waals surface area contributed by atoms with Gasteiger partial charge in [0, 0.05) is 29.9 Å². The van der Waals surface area contributed by atoms with Gasteiger partial charge in [0.1, 0.15) is 0 Å². The summed E-state index contributed by atoms with van der Waals surface area (Å²) in [5.41, 5.74) is 1.17. The summed E-state index contributed by atoms with van der Waals surface area (Å²) in [6, 6.07) is 7.81. The molecule has 1 amide bonds. The van der Waals surface area contributed by atoms with E-state index in [9.17, 15) is 9.90 Å². The Morgan fingerprint density at radius 2 is 2.30 bits per heavy atom. The number of aliphatic hydroxyl groups excluding tert-OH is 1. The van der Waals surface area contributed by atoms with Crippen molar-refractivity contribution in [2.75, 3.05) is 13.1 Å². The molecule has 1 saturated heterocycles. The van der Waals surface area contributed by atoms with Gasteiger partial charge in [-0.25, -0.2) is 0 Å². The van der Waals surface area contributed by atoms with Crippen molar-refractivity contribution >= 4 is 17.5 Å². The second-order valence-corrected chi connectivity index (χ2v) is 6.51. The van der Waals surface area contributed by atoms with Crippen LogP contribution < -0.4 is 0 Å². The van der Waals surface area contributed by atoms with Crippen LogP contribution in [0.1, 0.15) is 31.2 Å². The highest BCUT2D eigenvalue weighted by Gasteiger charge is 2.47. The molecule has 4 heteroatoms. The van der Waals surface area contributed by atoms with E-state index in [-0.39, 0.29) is 23.8 Å². The molecule has 1 aliphatic carbocycles. The van der Waals surface area contributed by atoms with Gasteiger partial charge in [0.05, 0.1) is 6.10 Å². The molecule has 1 aromatic carbocycles. The van der Waals surface area contributed by atoms with Gasteiger partial charge < -0.3 is 10.0 Å². The Kier molecular flexibility index (Phi) is 3.74. The Hall–Kier alpha value is -1.06. The van der Waals surface area contributed by atoms with Gasteiger partial charge in [-0.3, -0.25) is 4.79 Å². The number of carbonyl (C=O) groups is 1. The molecule has 1 aliphatic heterocycles. The standard InChI is InChI=1S/C16H20ClNO2/c1-10(19)12-5-6-18(9-12)16(20)15-8-14(15)11-3-2-4-13(17)7-11/h2-4,7,10,12,14-15,19H,5-6,8-9H2,1H3. The molecule has 3 rings (SSSR count). The van der Waals surface area contributed by atoms with E-state index < -0.39 is 0 Å². The van der Waals surface area contributed by atoms with Gasteiger partial charge in [0.2, 0.25) is 5.91 Å². The zero-order chi connectivity index (χ0) is 14.3. The number of halogens is 1. The average Bonchev–Trinajstić information content (AvgIpc) is 3.06. The lowest BCUT2D eigenvalue weighted by Crippen LogP contribution is -2.31. The maximum atomic E-state index is 12.5. The van der Waals surface area contributed by atoms with Crippen molar-refractivity contribution in [3.8, 4) is 0 Å². The largest absolute Gasteiger partial charge is 0.393 e. The number of benzene rings is 1. The number of amides is 1. The molecule has 3 nitrogen and oxygen atoms in total. The number of carbonyl (C=O) groups excluding carboxylic acids is 1. The van der Waals surface area contributed by atoms with E-state index in [1.165, 1.54) is 5.56 Å². The first-order valence-electron chi connectivity index (χ1n) is 7.28. The first kappa shape index (κ1) is 13.9. The van der Waals surface area contributed by atoms with Crippen LogP contribution in [0.25, 0.3) is 0 Å². The summed E-state index contributed by atoms with van der Waals surface area (Å²) >= 11 is 6.00. The molecule has 1 N–H and O–H groups in total. The van der Waals surface area contributed by atoms with E-state index in [0.29, 0.717) is 12.5 Å². The Labute approximate surface area is 124 Å². The zero-order valence-electron chi connectivity index (χ0n) is 11.6. The van der Waals surface area contributed by atoms with Crippen LogP contribution in [0, 0.1) is 11.8 Å². The highest BCUT2D eigenvalue weighted by Crippen LogP contribution is 2.49. The van der Waals surface area contributed by atoms with E-state index in [1.54, 1.807) is 0 Å². The summed E-state index contributed by atoms with van der Waals surface area (Å²) in [6.45, 7) is 3.30. The number of likely N-dealkylation sites (tertiary alicyclic amines) is 1. The Morgan fingerprint density at radius 3 is 2.95 bits per heavy atom. The molecule has 20 heavy (non-hydrogen) atoms. The molecule has 4 atom stereocenters. The smallest absolute Gasteiger partial charge is 0.226 e. The molecule has 108 valence electrons. The van der Waals surface area contributed by atoms with Crippen LogP contribution in [0.3, 0.4) is 0 Å². The first-order chi connectivity index (χ1) is 9.56. The number of nitrogens with zero attached hydrogens (tertiary/aromatic N) is 1. The molecular weight excluding hydrogens is 274 g/mol. The van der Waals surface area contributed by atoms with Crippen molar-refractivity contribution in [3.63, 3.8) is 0 Å². The van der Waals surface area contributed by atoms with Crippen LogP contribution in [-0.2, 0) is 4.79 Å². The third kappa shape index (κ3) is 2.70. The Morgan fingerprint density at radius 1 is 1.50 bits per heavy atom. The van der Waals surface area contributed by atoms with Gasteiger partial charge in [-0.05, 0) is 43.4 Å². The minimum Gasteiger partial charge on any atom is -0.393 e. The Balaban J connectivity index is 1.61. The number of aliphatic hydroxyl groups is 1. The van der Waals surface area contributed by atoms with Gasteiger partial charge in [-0.15, -0.1) is 0 Å². The molecule has 2 aliphatic rings. The molecular formula is C16H20ClNO2. The summed E-state index contributed by atoms with van der Waals surface area (Å²) in [7, 11) is 0. The SMILES string of the molecule is CC(O)C1CCN(C(=O)C2CC2c2cccc(Cl)c2)C1. The molecule has 2 fully saturated rings. The van der Waals surface area contributed by atoms with E-state index in [0.717, 1.165) is 24.4 Å². The molecule has 1 heterocycles. The predicted octanol–water partition coefficient (Wildman–Crippen LogP) is 2.67. The third-order valence-corrected chi connectivity index (χ3v) is 4.84. The fourth-order valence-corrected chi connectivity index (χ4v) is 3.39. The van der Waals surface area contributed by atoms with Gasteiger partial charge in [-0.1, -0.05) is 23.7 Å². The van der Waals surface area contributed by atoms with Crippen molar-refractivity contribution in [1.82, 2.24) is 4.90 Å². The lowest BCUT2D eigenvalue weighted by atomic mass is 10.0. The molecule has 0 bridgehead atoms. The monoisotopic (exact) mass is 293 g/mol. The van der Waals surface area contributed by atoms with Gasteiger partial charge in [-0.2, -0.15) is 0 Å². The fraction of sp³-hybridized carbons (Fsp3) is 0.562. The van der Waals surface area contributed by atoms with Crippen molar-refractivity contribution in [2.24, 2.45) is 11.8 Å². The minimum absolute atomic E-state index is 0.112. The normalized spacial score (nSPS) is 30.4. The van der Waals surface area contributed by atoms with Crippen LogP contribution in [0.4, 0.5) is 0 Å². The minimum atomic E-state index is -0.323. The number of rotatable bonds is 3. The molecule has 0 aromatic heterocycles. The number of hydrogen-bond acceptors (Lipinski definition) is 2.